The van der Waals surface area contributed by atoms with Gasteiger partial charge in [0.1, 0.15) is 0 Å². The van der Waals surface area contributed by atoms with Gasteiger partial charge in [-0.05, 0) is 24.3 Å². The number of fused-ring (bicyclic) bond motifs is 3. The fraction of sp³-hybridized carbons (Fsp3) is 0.0476. The zero-order chi connectivity index (χ0) is 15.9. The summed E-state index contributed by atoms with van der Waals surface area (Å²) < 4.78 is 0. The molecule has 3 nitrogen and oxygen atoms in total. The second-order valence-corrected chi connectivity index (χ2v) is 6.08. The van der Waals surface area contributed by atoms with E-state index in [2.05, 4.69) is 93.9 Å². The van der Waals surface area contributed by atoms with Crippen molar-refractivity contribution in [1.29, 1.82) is 0 Å². The Bertz CT molecular complexity index is 1050. The molecule has 4 aromatic rings. The zero-order valence-electron chi connectivity index (χ0n) is 13.2. The van der Waals surface area contributed by atoms with Crippen LogP contribution in [0.2, 0.25) is 0 Å². The Labute approximate surface area is 140 Å². The van der Waals surface area contributed by atoms with Gasteiger partial charge in [0.2, 0.25) is 0 Å². The molecule has 3 aromatic carbocycles. The highest BCUT2D eigenvalue weighted by atomic mass is 15.3. The van der Waals surface area contributed by atoms with Gasteiger partial charge in [-0.2, -0.15) is 0 Å². The molecule has 1 aliphatic rings. The van der Waals surface area contributed by atoms with E-state index in [0.29, 0.717) is 0 Å². The minimum absolute atomic E-state index is 0.818. The Hall–Kier alpha value is -3.20. The molecule has 0 bridgehead atoms. The maximum atomic E-state index is 3.58. The van der Waals surface area contributed by atoms with Crippen LogP contribution < -0.4 is 9.80 Å². The van der Waals surface area contributed by atoms with Crippen LogP contribution in [-0.2, 0) is 0 Å². The second-order valence-electron chi connectivity index (χ2n) is 6.08. The largest absolute Gasteiger partial charge is 0.353 e. The molecule has 0 aliphatic carbocycles. The van der Waals surface area contributed by atoms with Crippen LogP contribution in [0.4, 0.5) is 11.4 Å². The van der Waals surface area contributed by atoms with Crippen molar-refractivity contribution in [2.45, 2.75) is 0 Å². The normalized spacial score (nSPS) is 14.2. The summed E-state index contributed by atoms with van der Waals surface area (Å²) in [7, 11) is 0. The van der Waals surface area contributed by atoms with E-state index < -0.39 is 0 Å². The van der Waals surface area contributed by atoms with Crippen molar-refractivity contribution in [1.82, 2.24) is 4.98 Å². The van der Waals surface area contributed by atoms with Gasteiger partial charge in [-0.25, -0.2) is 0 Å². The molecular formula is C21H17N3. The third kappa shape index (κ3) is 1.98. The van der Waals surface area contributed by atoms with Gasteiger partial charge in [-0.3, -0.25) is 0 Å². The lowest BCUT2D eigenvalue weighted by molar-refractivity contribution is 0.978. The number of aromatic nitrogens is 1. The van der Waals surface area contributed by atoms with E-state index in [4.69, 9.17) is 0 Å². The van der Waals surface area contributed by atoms with E-state index in [9.17, 15) is 0 Å². The zero-order valence-corrected chi connectivity index (χ0v) is 13.2. The first-order valence-electron chi connectivity index (χ1n) is 8.16. The molecule has 0 saturated carbocycles. The molecule has 0 saturated heterocycles. The molecule has 0 fully saturated rings. The molecule has 1 N–H and O–H groups in total. The van der Waals surface area contributed by atoms with Crippen molar-refractivity contribution in [2.75, 3.05) is 16.5 Å². The van der Waals surface area contributed by atoms with E-state index in [1.54, 1.807) is 0 Å². The van der Waals surface area contributed by atoms with Crippen LogP contribution in [-0.4, -0.2) is 11.7 Å². The number of benzene rings is 3. The molecule has 5 rings (SSSR count). The first kappa shape index (κ1) is 13.3. The molecule has 24 heavy (non-hydrogen) atoms. The number of H-pyrrole nitrogens is 1. The van der Waals surface area contributed by atoms with Gasteiger partial charge in [-0.15, -0.1) is 0 Å². The summed E-state index contributed by atoms with van der Waals surface area (Å²) in [6.07, 6.45) is 4.28. The van der Waals surface area contributed by atoms with Crippen molar-refractivity contribution < 1.29 is 0 Å². The molecule has 0 spiro atoms. The number of anilines is 2. The third-order valence-corrected chi connectivity index (χ3v) is 4.65. The maximum Gasteiger partial charge on any atom is 0.0990 e. The van der Waals surface area contributed by atoms with Crippen molar-refractivity contribution in [3.05, 3.63) is 85.2 Å². The van der Waals surface area contributed by atoms with Crippen molar-refractivity contribution >= 4 is 33.2 Å². The number of nitrogens with one attached hydrogen (secondary N) is 1. The Morgan fingerprint density at radius 1 is 0.667 bits per heavy atom. The first-order chi connectivity index (χ1) is 11.9. The van der Waals surface area contributed by atoms with Gasteiger partial charge < -0.3 is 14.8 Å². The molecule has 1 aromatic heterocycles. The Morgan fingerprint density at radius 2 is 1.42 bits per heavy atom. The van der Waals surface area contributed by atoms with E-state index in [-0.39, 0.29) is 0 Å². The smallest absolute Gasteiger partial charge is 0.0990 e. The number of aromatic amines is 1. The minimum Gasteiger partial charge on any atom is -0.353 e. The van der Waals surface area contributed by atoms with Crippen LogP contribution in [0.5, 0.6) is 0 Å². The van der Waals surface area contributed by atoms with Crippen molar-refractivity contribution in [3.8, 4) is 0 Å². The standard InChI is InChI=1S/C21H17N3/c1-2-7-16(8-3-1)23-13-14-24(15-23)20-12-6-10-18-17-9-4-5-11-19(17)22-21(18)20/h1-14,22H,15H2. The molecule has 2 heterocycles. The Kier molecular flexibility index (Phi) is 2.85. The average Bonchev–Trinajstić information content (AvgIpc) is 3.27. The molecule has 0 amide bonds. The van der Waals surface area contributed by atoms with Gasteiger partial charge in [0.05, 0.1) is 17.9 Å². The first-order valence-corrected chi connectivity index (χ1v) is 8.16. The van der Waals surface area contributed by atoms with Gasteiger partial charge in [0.25, 0.3) is 0 Å². The minimum atomic E-state index is 0.818. The number of para-hydroxylation sites is 3. The molecular weight excluding hydrogens is 294 g/mol. The van der Waals surface area contributed by atoms with Gasteiger partial charge in [0, 0.05) is 34.4 Å². The van der Waals surface area contributed by atoms with Crippen LogP contribution in [0.1, 0.15) is 0 Å². The van der Waals surface area contributed by atoms with Crippen LogP contribution in [0.15, 0.2) is 85.2 Å². The van der Waals surface area contributed by atoms with E-state index in [1.807, 2.05) is 6.07 Å². The third-order valence-electron chi connectivity index (χ3n) is 4.65. The summed E-state index contributed by atoms with van der Waals surface area (Å²) in [6, 6.07) is 25.4. The molecule has 3 heteroatoms. The molecule has 116 valence electrons. The number of rotatable bonds is 2. The van der Waals surface area contributed by atoms with Gasteiger partial charge >= 0.3 is 0 Å². The highest BCUT2D eigenvalue weighted by Gasteiger charge is 2.18. The molecule has 1 aliphatic heterocycles. The van der Waals surface area contributed by atoms with Crippen LogP contribution in [0.3, 0.4) is 0 Å². The summed E-state index contributed by atoms with van der Waals surface area (Å²) in [5, 5.41) is 2.55. The topological polar surface area (TPSA) is 22.3 Å². The van der Waals surface area contributed by atoms with Crippen molar-refractivity contribution in [3.63, 3.8) is 0 Å². The monoisotopic (exact) mass is 311 g/mol. The highest BCUT2D eigenvalue weighted by molar-refractivity contribution is 6.11. The number of nitrogens with zero attached hydrogens (tertiary/aromatic N) is 2. The summed E-state index contributed by atoms with van der Waals surface area (Å²) in [5.74, 6) is 0. The van der Waals surface area contributed by atoms with E-state index in [0.717, 1.165) is 6.67 Å². The van der Waals surface area contributed by atoms with E-state index in [1.165, 1.54) is 33.2 Å². The van der Waals surface area contributed by atoms with Crippen molar-refractivity contribution in [2.24, 2.45) is 0 Å². The second kappa shape index (κ2) is 5.17. The summed E-state index contributed by atoms with van der Waals surface area (Å²) in [5.41, 5.74) is 4.79. The fourth-order valence-corrected chi connectivity index (χ4v) is 3.46. The fourth-order valence-electron chi connectivity index (χ4n) is 3.46. The summed E-state index contributed by atoms with van der Waals surface area (Å²) in [6.45, 7) is 0.818. The predicted molar refractivity (Wildman–Crippen MR) is 101 cm³/mol. The number of hydrogen-bond acceptors (Lipinski definition) is 2. The lowest BCUT2D eigenvalue weighted by Crippen LogP contribution is -2.24. The van der Waals surface area contributed by atoms with Crippen LogP contribution in [0, 0.1) is 0 Å². The molecule has 0 radical (unpaired) electrons. The summed E-state index contributed by atoms with van der Waals surface area (Å²) in [4.78, 5) is 8.12. The maximum absolute atomic E-state index is 3.58. The lowest BCUT2D eigenvalue weighted by atomic mass is 10.1. The Morgan fingerprint density at radius 3 is 2.33 bits per heavy atom. The molecule has 0 unspecified atom stereocenters. The van der Waals surface area contributed by atoms with Gasteiger partial charge in [-0.1, -0.05) is 48.5 Å². The van der Waals surface area contributed by atoms with E-state index >= 15 is 0 Å². The highest BCUT2D eigenvalue weighted by Crippen LogP contribution is 2.34. The van der Waals surface area contributed by atoms with Crippen LogP contribution in [0.25, 0.3) is 21.8 Å². The molecule has 0 atom stereocenters. The lowest BCUT2D eigenvalue weighted by Gasteiger charge is -2.22. The number of hydrogen-bond donors (Lipinski definition) is 1. The quantitative estimate of drug-likeness (QED) is 0.558. The average molecular weight is 311 g/mol. The van der Waals surface area contributed by atoms with Gasteiger partial charge in [0.15, 0.2) is 0 Å². The predicted octanol–water partition coefficient (Wildman–Crippen LogP) is 5.08. The SMILES string of the molecule is C1=CN(c2cccc3c2[nH]c2ccccc23)CN1c1ccccc1. The van der Waals surface area contributed by atoms with Crippen LogP contribution >= 0.6 is 0 Å². The Balaban J connectivity index is 1.57. The summed E-state index contributed by atoms with van der Waals surface area (Å²) >= 11 is 0.